The first-order chi connectivity index (χ1) is 23.6. The van der Waals surface area contributed by atoms with Crippen molar-refractivity contribution in [1.82, 2.24) is 0 Å². The molecule has 0 fully saturated rings. The third-order valence-electron chi connectivity index (χ3n) is 9.97. The van der Waals surface area contributed by atoms with Crippen LogP contribution < -0.4 is 0 Å². The standard InChI is InChI=1S/2C23H16O/c2*24-19-11-10-15-12-18(9-8-16(15)13-19)21-6-3-7-22-20-5-2-1-4-17(20)14-23(21)22/h2*1-13,24H,14H2. The molecule has 228 valence electrons. The molecule has 0 unspecified atom stereocenters. The number of aromatic hydroxyl groups is 2. The molecule has 0 aliphatic heterocycles. The Labute approximate surface area is 279 Å². The van der Waals surface area contributed by atoms with Gasteiger partial charge in [0.25, 0.3) is 0 Å². The van der Waals surface area contributed by atoms with Gasteiger partial charge in [0.1, 0.15) is 11.5 Å². The van der Waals surface area contributed by atoms with Crippen molar-refractivity contribution in [2.45, 2.75) is 12.8 Å². The molecule has 10 rings (SSSR count). The Balaban J connectivity index is 0.000000131. The van der Waals surface area contributed by atoms with Crippen LogP contribution in [0, 0.1) is 0 Å². The van der Waals surface area contributed by atoms with Crippen LogP contribution in [0.5, 0.6) is 11.5 Å². The second-order valence-electron chi connectivity index (χ2n) is 12.8. The van der Waals surface area contributed by atoms with E-state index in [-0.39, 0.29) is 0 Å². The van der Waals surface area contributed by atoms with Gasteiger partial charge in [-0.05, 0) is 138 Å². The molecule has 0 spiro atoms. The molecule has 0 bridgehead atoms. The number of hydrogen-bond acceptors (Lipinski definition) is 2. The van der Waals surface area contributed by atoms with E-state index in [1.165, 1.54) is 66.8 Å². The maximum Gasteiger partial charge on any atom is 0.116 e. The molecule has 0 saturated carbocycles. The van der Waals surface area contributed by atoms with Gasteiger partial charge >= 0.3 is 0 Å². The van der Waals surface area contributed by atoms with Crippen LogP contribution in [-0.4, -0.2) is 10.2 Å². The van der Waals surface area contributed by atoms with Crippen molar-refractivity contribution in [3.63, 3.8) is 0 Å². The van der Waals surface area contributed by atoms with E-state index in [0.29, 0.717) is 11.5 Å². The summed E-state index contributed by atoms with van der Waals surface area (Å²) in [6, 6.07) is 54.5. The molecule has 2 N–H and O–H groups in total. The zero-order valence-corrected chi connectivity index (χ0v) is 26.3. The molecule has 0 saturated heterocycles. The number of fused-ring (bicyclic) bond motifs is 8. The molecule has 2 heteroatoms. The highest BCUT2D eigenvalue weighted by Crippen LogP contribution is 2.43. The van der Waals surface area contributed by atoms with Gasteiger partial charge in [0.15, 0.2) is 0 Å². The van der Waals surface area contributed by atoms with Crippen LogP contribution in [0.1, 0.15) is 22.3 Å². The fourth-order valence-corrected chi connectivity index (χ4v) is 7.66. The Morgan fingerprint density at radius 2 is 0.688 bits per heavy atom. The molecule has 0 radical (unpaired) electrons. The average molecular weight is 617 g/mol. The molecule has 0 amide bonds. The second-order valence-corrected chi connectivity index (χ2v) is 12.8. The predicted octanol–water partition coefficient (Wildman–Crippen LogP) is 11.6. The fraction of sp³-hybridized carbons (Fsp3) is 0.0435. The van der Waals surface area contributed by atoms with Gasteiger partial charge in [-0.15, -0.1) is 0 Å². The highest BCUT2D eigenvalue weighted by molar-refractivity contribution is 5.93. The molecule has 0 heterocycles. The number of benzene rings is 8. The summed E-state index contributed by atoms with van der Waals surface area (Å²) in [5, 5.41) is 23.7. The molecule has 2 aliphatic rings. The predicted molar refractivity (Wildman–Crippen MR) is 199 cm³/mol. The van der Waals surface area contributed by atoms with E-state index in [1.54, 1.807) is 12.1 Å². The summed E-state index contributed by atoms with van der Waals surface area (Å²) in [6.45, 7) is 0. The summed E-state index contributed by atoms with van der Waals surface area (Å²) in [4.78, 5) is 0. The Morgan fingerprint density at radius 1 is 0.312 bits per heavy atom. The number of rotatable bonds is 2. The fourth-order valence-electron chi connectivity index (χ4n) is 7.66. The lowest BCUT2D eigenvalue weighted by atomic mass is 9.94. The van der Waals surface area contributed by atoms with Gasteiger partial charge in [0.05, 0.1) is 0 Å². The molecule has 8 aromatic carbocycles. The van der Waals surface area contributed by atoms with Gasteiger partial charge < -0.3 is 10.2 Å². The monoisotopic (exact) mass is 616 g/mol. The molecular formula is C46H32O2. The molecule has 48 heavy (non-hydrogen) atoms. The molecule has 2 nitrogen and oxygen atoms in total. The summed E-state index contributed by atoms with van der Waals surface area (Å²) in [5.74, 6) is 0.623. The first-order valence-corrected chi connectivity index (χ1v) is 16.5. The molecule has 2 aliphatic carbocycles. The minimum atomic E-state index is 0.311. The first kappa shape index (κ1) is 28.1. The minimum absolute atomic E-state index is 0.311. The lowest BCUT2D eigenvalue weighted by Gasteiger charge is -2.10. The Kier molecular flexibility index (Phi) is 6.62. The van der Waals surface area contributed by atoms with E-state index < -0.39 is 0 Å². The summed E-state index contributed by atoms with van der Waals surface area (Å²) in [7, 11) is 0. The van der Waals surface area contributed by atoms with Crippen molar-refractivity contribution >= 4 is 21.5 Å². The van der Waals surface area contributed by atoms with Crippen LogP contribution in [0.3, 0.4) is 0 Å². The van der Waals surface area contributed by atoms with E-state index in [9.17, 15) is 10.2 Å². The van der Waals surface area contributed by atoms with E-state index in [1.807, 2.05) is 24.3 Å². The third kappa shape index (κ3) is 4.82. The van der Waals surface area contributed by atoms with Gasteiger partial charge in [-0.3, -0.25) is 0 Å². The second kappa shape index (κ2) is 11.3. The van der Waals surface area contributed by atoms with Crippen molar-refractivity contribution in [3.8, 4) is 56.0 Å². The lowest BCUT2D eigenvalue weighted by molar-refractivity contribution is 0.475. The normalized spacial score (nSPS) is 12.2. The number of phenols is 2. The van der Waals surface area contributed by atoms with Gasteiger partial charge in [0, 0.05) is 0 Å². The third-order valence-corrected chi connectivity index (χ3v) is 9.97. The zero-order chi connectivity index (χ0) is 32.2. The molecule has 8 aromatic rings. The highest BCUT2D eigenvalue weighted by Gasteiger charge is 2.22. The summed E-state index contributed by atoms with van der Waals surface area (Å²) < 4.78 is 0. The zero-order valence-electron chi connectivity index (χ0n) is 26.3. The Morgan fingerprint density at radius 3 is 1.17 bits per heavy atom. The van der Waals surface area contributed by atoms with Gasteiger partial charge in [-0.25, -0.2) is 0 Å². The quantitative estimate of drug-likeness (QED) is 0.203. The first-order valence-electron chi connectivity index (χ1n) is 16.5. The van der Waals surface area contributed by atoms with Crippen molar-refractivity contribution in [2.75, 3.05) is 0 Å². The lowest BCUT2D eigenvalue weighted by Crippen LogP contribution is -1.88. The highest BCUT2D eigenvalue weighted by atomic mass is 16.3. The average Bonchev–Trinajstić information content (AvgIpc) is 3.70. The van der Waals surface area contributed by atoms with Crippen molar-refractivity contribution in [3.05, 3.63) is 180 Å². The molecule has 0 aromatic heterocycles. The summed E-state index contributed by atoms with van der Waals surface area (Å²) >= 11 is 0. The van der Waals surface area contributed by atoms with E-state index in [0.717, 1.165) is 34.4 Å². The molecular weight excluding hydrogens is 585 g/mol. The van der Waals surface area contributed by atoms with Gasteiger partial charge in [-0.1, -0.05) is 121 Å². The van der Waals surface area contributed by atoms with Crippen LogP contribution >= 0.6 is 0 Å². The van der Waals surface area contributed by atoms with Crippen LogP contribution in [0.4, 0.5) is 0 Å². The SMILES string of the molecule is Oc1ccc2cc(-c3cccc4c3Cc3ccccc3-4)ccc2c1.Oc1ccc2cc(-c3cccc4c3Cc3ccccc3-4)ccc2c1. The topological polar surface area (TPSA) is 40.5 Å². The van der Waals surface area contributed by atoms with Gasteiger partial charge in [0.2, 0.25) is 0 Å². The number of phenolic OH excluding ortho intramolecular Hbond substituents is 2. The smallest absolute Gasteiger partial charge is 0.116 e. The minimum Gasteiger partial charge on any atom is -0.508 e. The van der Waals surface area contributed by atoms with Crippen LogP contribution in [0.15, 0.2) is 158 Å². The Hall–Kier alpha value is -6.12. The van der Waals surface area contributed by atoms with Crippen LogP contribution in [0.25, 0.3) is 66.1 Å². The van der Waals surface area contributed by atoms with Crippen molar-refractivity contribution < 1.29 is 10.2 Å². The van der Waals surface area contributed by atoms with E-state index in [4.69, 9.17) is 0 Å². The summed E-state index contributed by atoms with van der Waals surface area (Å²) in [5.41, 5.74) is 16.2. The van der Waals surface area contributed by atoms with Crippen LogP contribution in [-0.2, 0) is 12.8 Å². The Bertz CT molecular complexity index is 2360. The van der Waals surface area contributed by atoms with Crippen molar-refractivity contribution in [1.29, 1.82) is 0 Å². The van der Waals surface area contributed by atoms with Crippen LogP contribution in [0.2, 0.25) is 0 Å². The maximum absolute atomic E-state index is 9.64. The summed E-state index contributed by atoms with van der Waals surface area (Å²) in [6.07, 6.45) is 1.99. The largest absolute Gasteiger partial charge is 0.508 e. The maximum atomic E-state index is 9.64. The van der Waals surface area contributed by atoms with E-state index in [2.05, 4.69) is 121 Å². The molecule has 0 atom stereocenters. The van der Waals surface area contributed by atoms with Crippen molar-refractivity contribution in [2.24, 2.45) is 0 Å². The van der Waals surface area contributed by atoms with E-state index >= 15 is 0 Å². The van der Waals surface area contributed by atoms with Gasteiger partial charge in [-0.2, -0.15) is 0 Å². The number of hydrogen-bond donors (Lipinski definition) is 2.